The van der Waals surface area contributed by atoms with Crippen molar-refractivity contribution in [2.24, 2.45) is 5.92 Å². The van der Waals surface area contributed by atoms with Crippen LogP contribution in [0.15, 0.2) is 53.4 Å². The lowest BCUT2D eigenvalue weighted by molar-refractivity contribution is -0.140. The van der Waals surface area contributed by atoms with Gasteiger partial charge in [-0.1, -0.05) is 0 Å². The maximum absolute atomic E-state index is 13.8. The Balaban J connectivity index is 1.41. The lowest BCUT2D eigenvalue weighted by Gasteiger charge is -2.20. The summed E-state index contributed by atoms with van der Waals surface area (Å²) in [5.74, 6) is -0.309. The Hall–Kier alpha value is -5.01. The molecule has 2 amide bonds. The third-order valence-electron chi connectivity index (χ3n) is 6.36. The van der Waals surface area contributed by atoms with Crippen molar-refractivity contribution in [2.75, 3.05) is 10.6 Å². The van der Waals surface area contributed by atoms with Gasteiger partial charge in [-0.2, -0.15) is 18.3 Å². The first-order valence-corrected chi connectivity index (χ1v) is 13.3. The normalized spacial score (nSPS) is 13.4. The van der Waals surface area contributed by atoms with Gasteiger partial charge in [0.25, 0.3) is 5.91 Å². The van der Waals surface area contributed by atoms with Gasteiger partial charge in [-0.05, 0) is 76.3 Å². The first-order valence-electron chi connectivity index (χ1n) is 13.3. The molecule has 0 radical (unpaired) electrons. The number of pyridine rings is 1. The first kappa shape index (κ1) is 29.5. The molecule has 224 valence electrons. The quantitative estimate of drug-likeness (QED) is 0.226. The summed E-state index contributed by atoms with van der Waals surface area (Å²) in [5.41, 5.74) is -1.23. The molecule has 0 bridgehead atoms. The molecule has 0 spiro atoms. The maximum atomic E-state index is 13.8. The number of aromatic nitrogens is 4. The Labute approximate surface area is 243 Å². The van der Waals surface area contributed by atoms with E-state index in [-0.39, 0.29) is 23.1 Å². The number of benzene rings is 1. The Kier molecular flexibility index (Phi) is 7.78. The molecule has 3 aromatic heterocycles. The van der Waals surface area contributed by atoms with Crippen molar-refractivity contribution >= 4 is 29.8 Å². The number of halogens is 3. The summed E-state index contributed by atoms with van der Waals surface area (Å²) in [7, 11) is 0. The number of hydrogen-bond donors (Lipinski definition) is 2. The minimum Gasteiger partial charge on any atom is -0.444 e. The first-order chi connectivity index (χ1) is 20.3. The topological polar surface area (TPSA) is 141 Å². The summed E-state index contributed by atoms with van der Waals surface area (Å²) in [4.78, 5) is 44.9. The highest BCUT2D eigenvalue weighted by Crippen LogP contribution is 2.38. The highest BCUT2D eigenvalue weighted by atomic mass is 19.4. The van der Waals surface area contributed by atoms with Gasteiger partial charge in [0.15, 0.2) is 11.4 Å². The van der Waals surface area contributed by atoms with E-state index in [2.05, 4.69) is 25.7 Å². The number of hydrogen-bond acceptors (Lipinski definition) is 8. The lowest BCUT2D eigenvalue weighted by Crippen LogP contribution is -2.28. The number of nitrogens with zero attached hydrogens (tertiary/aromatic N) is 4. The standard InChI is InChI=1S/C29H27F3N6O5/c1-28(2,3)43-27(41)36-24-20(12-16-4-5-16)19(10-11-33-24)26-35-22(15-42-26)25(40)34-21-13-38(37-23(21)29(30,31)32)18-8-6-17(14-39)7-9-18/h6-11,13-16H,4-5,12H2,1-3H3,(H,34,40)(H,33,36,41). The molecule has 2 N–H and O–H groups in total. The van der Waals surface area contributed by atoms with Gasteiger partial charge in [0.05, 0.1) is 17.6 Å². The van der Waals surface area contributed by atoms with Crippen LogP contribution in [-0.2, 0) is 17.3 Å². The largest absolute Gasteiger partial charge is 0.444 e. The van der Waals surface area contributed by atoms with Crippen LogP contribution in [0.2, 0.25) is 0 Å². The molecular weight excluding hydrogens is 569 g/mol. The number of oxazole rings is 1. The average molecular weight is 597 g/mol. The van der Waals surface area contributed by atoms with Crippen LogP contribution in [0.4, 0.5) is 29.5 Å². The molecule has 0 atom stereocenters. The SMILES string of the molecule is CC(C)(C)OC(=O)Nc1nccc(-c2nc(C(=O)Nc3cn(-c4ccc(C=O)cc4)nc3C(F)(F)F)co2)c1CC1CC1. The van der Waals surface area contributed by atoms with Gasteiger partial charge in [-0.3, -0.25) is 14.9 Å². The van der Waals surface area contributed by atoms with Crippen LogP contribution < -0.4 is 10.6 Å². The molecular formula is C29H27F3N6O5. The van der Waals surface area contributed by atoms with Crippen LogP contribution in [0.3, 0.4) is 0 Å². The van der Waals surface area contributed by atoms with Crippen molar-refractivity contribution < 1.29 is 36.7 Å². The van der Waals surface area contributed by atoms with Crippen LogP contribution in [0.25, 0.3) is 17.1 Å². The predicted molar refractivity (Wildman–Crippen MR) is 148 cm³/mol. The van der Waals surface area contributed by atoms with Gasteiger partial charge < -0.3 is 14.5 Å². The fraction of sp³-hybridized carbons (Fsp3) is 0.310. The van der Waals surface area contributed by atoms with E-state index in [1.807, 2.05) is 0 Å². The van der Waals surface area contributed by atoms with E-state index in [4.69, 9.17) is 9.15 Å². The zero-order valence-corrected chi connectivity index (χ0v) is 23.4. The predicted octanol–water partition coefficient (Wildman–Crippen LogP) is 6.31. The van der Waals surface area contributed by atoms with Gasteiger partial charge >= 0.3 is 12.3 Å². The minimum absolute atomic E-state index is 0.0254. The monoisotopic (exact) mass is 596 g/mol. The van der Waals surface area contributed by atoms with E-state index in [0.717, 1.165) is 30.0 Å². The summed E-state index contributed by atoms with van der Waals surface area (Å²) >= 11 is 0. The molecule has 0 unspecified atom stereocenters. The highest BCUT2D eigenvalue weighted by Gasteiger charge is 2.38. The number of carbonyl (C=O) groups excluding carboxylic acids is 3. The van der Waals surface area contributed by atoms with Crippen molar-refractivity contribution in [3.05, 3.63) is 71.5 Å². The third-order valence-corrected chi connectivity index (χ3v) is 6.36. The molecule has 5 rings (SSSR count). The Morgan fingerprint density at radius 2 is 1.84 bits per heavy atom. The molecule has 1 aromatic carbocycles. The molecule has 1 aliphatic carbocycles. The van der Waals surface area contributed by atoms with Crippen molar-refractivity contribution in [1.82, 2.24) is 19.7 Å². The van der Waals surface area contributed by atoms with Crippen molar-refractivity contribution in [3.8, 4) is 17.1 Å². The number of rotatable bonds is 8. The second-order valence-corrected chi connectivity index (χ2v) is 11.0. The number of carbonyl (C=O) groups is 3. The second-order valence-electron chi connectivity index (χ2n) is 11.0. The van der Waals surface area contributed by atoms with E-state index >= 15 is 0 Å². The smallest absolute Gasteiger partial charge is 0.437 e. The van der Waals surface area contributed by atoms with E-state index in [1.54, 1.807) is 26.8 Å². The Morgan fingerprint density at radius 3 is 2.47 bits per heavy atom. The van der Waals surface area contributed by atoms with Gasteiger partial charge in [0.1, 0.15) is 24.0 Å². The summed E-state index contributed by atoms with van der Waals surface area (Å²) in [6.45, 7) is 5.20. The molecule has 0 aliphatic heterocycles. The number of ether oxygens (including phenoxy) is 1. The molecule has 0 saturated heterocycles. The molecule has 4 aromatic rings. The van der Waals surface area contributed by atoms with E-state index in [0.29, 0.717) is 35.3 Å². The summed E-state index contributed by atoms with van der Waals surface area (Å²) < 4.78 is 53.2. The fourth-order valence-electron chi connectivity index (χ4n) is 4.22. The van der Waals surface area contributed by atoms with Gasteiger partial charge in [0.2, 0.25) is 5.89 Å². The van der Waals surface area contributed by atoms with E-state index in [1.165, 1.54) is 30.5 Å². The van der Waals surface area contributed by atoms with Crippen LogP contribution >= 0.6 is 0 Å². The van der Waals surface area contributed by atoms with E-state index in [9.17, 15) is 27.6 Å². The van der Waals surface area contributed by atoms with Gasteiger partial charge in [0, 0.05) is 22.9 Å². The van der Waals surface area contributed by atoms with Crippen LogP contribution in [-0.4, -0.2) is 43.6 Å². The molecule has 11 nitrogen and oxygen atoms in total. The zero-order chi connectivity index (χ0) is 30.9. The molecule has 1 aliphatic rings. The van der Waals surface area contributed by atoms with Crippen LogP contribution in [0.5, 0.6) is 0 Å². The molecule has 1 fully saturated rings. The average Bonchev–Trinajstić information content (AvgIpc) is 3.42. The second kappa shape index (κ2) is 11.3. The number of amides is 2. The third kappa shape index (κ3) is 7.08. The van der Waals surface area contributed by atoms with E-state index < -0.39 is 35.2 Å². The van der Waals surface area contributed by atoms with Crippen molar-refractivity contribution in [2.45, 2.75) is 51.8 Å². The molecule has 3 heterocycles. The number of aldehydes is 1. The summed E-state index contributed by atoms with van der Waals surface area (Å²) in [5, 5.41) is 8.48. The number of nitrogens with one attached hydrogen (secondary N) is 2. The summed E-state index contributed by atoms with van der Waals surface area (Å²) in [6.07, 6.45) is 1.07. The van der Waals surface area contributed by atoms with Crippen LogP contribution in [0.1, 0.15) is 65.7 Å². The lowest BCUT2D eigenvalue weighted by atomic mass is 10.0. The van der Waals surface area contributed by atoms with Gasteiger partial charge in [-0.25, -0.2) is 19.4 Å². The molecule has 43 heavy (non-hydrogen) atoms. The molecule has 14 heteroatoms. The Morgan fingerprint density at radius 1 is 1.12 bits per heavy atom. The Bertz CT molecular complexity index is 1670. The maximum Gasteiger partial charge on any atom is 0.437 e. The summed E-state index contributed by atoms with van der Waals surface area (Å²) in [6, 6.07) is 7.32. The fourth-order valence-corrected chi connectivity index (χ4v) is 4.22. The number of alkyl halides is 3. The van der Waals surface area contributed by atoms with Crippen molar-refractivity contribution in [3.63, 3.8) is 0 Å². The van der Waals surface area contributed by atoms with Crippen LogP contribution in [0, 0.1) is 5.92 Å². The van der Waals surface area contributed by atoms with Crippen molar-refractivity contribution in [1.29, 1.82) is 0 Å². The highest BCUT2D eigenvalue weighted by molar-refractivity contribution is 6.03. The molecule has 1 saturated carbocycles. The van der Waals surface area contributed by atoms with Gasteiger partial charge in [-0.15, -0.1) is 0 Å². The number of anilines is 2. The zero-order valence-electron chi connectivity index (χ0n) is 23.4. The minimum atomic E-state index is -4.88.